The minimum absolute atomic E-state index is 0.110. The summed E-state index contributed by atoms with van der Waals surface area (Å²) in [4.78, 5) is 11.5. The quantitative estimate of drug-likeness (QED) is 0.353. The zero-order valence-corrected chi connectivity index (χ0v) is 16.9. The number of carbonyl (C=O) groups is 1. The van der Waals surface area contributed by atoms with Gasteiger partial charge in [0.1, 0.15) is 0 Å². The lowest BCUT2D eigenvalue weighted by molar-refractivity contribution is -0.136. The summed E-state index contributed by atoms with van der Waals surface area (Å²) in [5.74, 6) is 4.81. The molecule has 0 unspecified atom stereocenters. The highest BCUT2D eigenvalue weighted by molar-refractivity contribution is 6.99. The maximum absolute atomic E-state index is 11.5. The van der Waals surface area contributed by atoms with Gasteiger partial charge in [0.05, 0.1) is 13.2 Å². The zero-order valence-electron chi connectivity index (χ0n) is 15.9. The van der Waals surface area contributed by atoms with Gasteiger partial charge in [0.25, 0.3) is 8.32 Å². The van der Waals surface area contributed by atoms with E-state index in [1.54, 1.807) is 6.92 Å². The molecule has 4 heteroatoms. The Morgan fingerprint density at radius 2 is 1.46 bits per heavy atom. The Kier molecular flexibility index (Phi) is 6.79. The number of carbonyl (C=O) groups excluding carboxylic acids is 1. The Morgan fingerprint density at radius 3 is 1.88 bits per heavy atom. The summed E-state index contributed by atoms with van der Waals surface area (Å²) in [5, 5.41) is 2.27. The van der Waals surface area contributed by atoms with Crippen molar-refractivity contribution in [2.24, 2.45) is 0 Å². The van der Waals surface area contributed by atoms with Gasteiger partial charge in [0, 0.05) is 5.92 Å². The van der Waals surface area contributed by atoms with Gasteiger partial charge >= 0.3 is 5.97 Å². The van der Waals surface area contributed by atoms with Crippen LogP contribution in [0.4, 0.5) is 0 Å². The van der Waals surface area contributed by atoms with Crippen LogP contribution in [0.5, 0.6) is 0 Å². The molecule has 0 aliphatic heterocycles. The summed E-state index contributed by atoms with van der Waals surface area (Å²) in [5.41, 5.74) is 0. The molecule has 2 rings (SSSR count). The highest BCUT2D eigenvalue weighted by Crippen LogP contribution is 2.36. The fourth-order valence-corrected chi connectivity index (χ4v) is 7.63. The van der Waals surface area contributed by atoms with E-state index in [-0.39, 0.29) is 11.6 Å². The molecule has 0 radical (unpaired) electrons. The van der Waals surface area contributed by atoms with E-state index < -0.39 is 14.3 Å². The lowest BCUT2D eigenvalue weighted by Gasteiger charge is -2.42. The molecule has 0 spiro atoms. The van der Waals surface area contributed by atoms with E-state index in [9.17, 15) is 4.79 Å². The second-order valence-electron chi connectivity index (χ2n) is 6.97. The van der Waals surface area contributed by atoms with Crippen molar-refractivity contribution >= 4 is 24.7 Å². The Hall–Kier alpha value is -2.35. The fraction of sp³-hybridized carbons (Fsp3) is 0.318. The van der Waals surface area contributed by atoms with Gasteiger partial charge in [-0.1, -0.05) is 87.4 Å². The van der Waals surface area contributed by atoms with Crippen LogP contribution in [-0.4, -0.2) is 27.5 Å². The van der Waals surface area contributed by atoms with Gasteiger partial charge in [-0.2, -0.15) is 0 Å². The van der Waals surface area contributed by atoms with Gasteiger partial charge < -0.3 is 9.16 Å². The SMILES string of the molecule is CCOC(=O)C#CCO[Si](c1ccccc1)(c1ccccc1)C(C)(C)C. The topological polar surface area (TPSA) is 35.5 Å². The van der Waals surface area contributed by atoms with Crippen molar-refractivity contribution in [2.75, 3.05) is 13.2 Å². The van der Waals surface area contributed by atoms with Crippen molar-refractivity contribution in [1.29, 1.82) is 0 Å². The van der Waals surface area contributed by atoms with Crippen LogP contribution in [0.2, 0.25) is 5.04 Å². The van der Waals surface area contributed by atoms with Crippen molar-refractivity contribution in [3.8, 4) is 11.8 Å². The highest BCUT2D eigenvalue weighted by Gasteiger charge is 2.49. The number of rotatable bonds is 5. The van der Waals surface area contributed by atoms with E-state index in [1.807, 2.05) is 36.4 Å². The number of esters is 1. The molecule has 0 bridgehead atoms. The molecule has 0 heterocycles. The molecular formula is C22H26O3Si. The van der Waals surface area contributed by atoms with Crippen LogP contribution < -0.4 is 10.4 Å². The molecule has 0 N–H and O–H groups in total. The van der Waals surface area contributed by atoms with E-state index >= 15 is 0 Å². The molecule has 3 nitrogen and oxygen atoms in total. The first-order valence-electron chi connectivity index (χ1n) is 8.82. The zero-order chi connectivity index (χ0) is 19.0. The number of benzene rings is 2. The van der Waals surface area contributed by atoms with Crippen LogP contribution in [0, 0.1) is 11.8 Å². The average Bonchev–Trinajstić information content (AvgIpc) is 2.62. The molecule has 0 fully saturated rings. The molecular weight excluding hydrogens is 340 g/mol. The Balaban J connectivity index is 2.46. The predicted molar refractivity (Wildman–Crippen MR) is 108 cm³/mol. The standard InChI is InChI=1S/C22H26O3Si/c1-5-24-21(23)17-12-18-25-26(22(2,3)4,19-13-8-6-9-14-19)20-15-10-7-11-16-20/h6-11,13-16H,5,18H2,1-4H3. The Labute approximate surface area is 157 Å². The summed E-state index contributed by atoms with van der Waals surface area (Å²) < 4.78 is 11.4. The second-order valence-corrected chi connectivity index (χ2v) is 11.3. The monoisotopic (exact) mass is 366 g/mol. The number of hydrogen-bond acceptors (Lipinski definition) is 3. The van der Waals surface area contributed by atoms with Gasteiger partial charge in [0.2, 0.25) is 0 Å². The third kappa shape index (κ3) is 4.43. The minimum atomic E-state index is -2.59. The molecule has 2 aromatic carbocycles. The Morgan fingerprint density at radius 1 is 0.962 bits per heavy atom. The smallest absolute Gasteiger partial charge is 0.384 e. The lowest BCUT2D eigenvalue weighted by Crippen LogP contribution is -2.66. The first-order chi connectivity index (χ1) is 12.4. The normalized spacial score (nSPS) is 11.4. The van der Waals surface area contributed by atoms with E-state index in [0.29, 0.717) is 6.61 Å². The molecule has 0 aliphatic rings. The highest BCUT2D eigenvalue weighted by atomic mass is 28.4. The molecule has 0 atom stereocenters. The van der Waals surface area contributed by atoms with Crippen molar-refractivity contribution in [3.63, 3.8) is 0 Å². The second kappa shape index (κ2) is 8.84. The van der Waals surface area contributed by atoms with Crippen LogP contribution in [0.3, 0.4) is 0 Å². The maximum atomic E-state index is 11.5. The van der Waals surface area contributed by atoms with Crippen LogP contribution in [-0.2, 0) is 14.0 Å². The summed E-state index contributed by atoms with van der Waals surface area (Å²) in [6, 6.07) is 20.7. The van der Waals surface area contributed by atoms with E-state index in [2.05, 4.69) is 56.9 Å². The average molecular weight is 367 g/mol. The molecule has 0 saturated carbocycles. The predicted octanol–water partition coefficient (Wildman–Crippen LogP) is 3.13. The molecule has 2 aromatic rings. The van der Waals surface area contributed by atoms with Crippen LogP contribution in [0.25, 0.3) is 0 Å². The van der Waals surface area contributed by atoms with Crippen molar-refractivity contribution in [2.45, 2.75) is 32.7 Å². The van der Waals surface area contributed by atoms with Crippen LogP contribution in [0.1, 0.15) is 27.7 Å². The van der Waals surface area contributed by atoms with Gasteiger partial charge in [0.15, 0.2) is 0 Å². The van der Waals surface area contributed by atoms with Crippen molar-refractivity contribution in [1.82, 2.24) is 0 Å². The maximum Gasteiger partial charge on any atom is 0.384 e. The van der Waals surface area contributed by atoms with Crippen molar-refractivity contribution < 1.29 is 14.0 Å². The fourth-order valence-electron chi connectivity index (χ4n) is 3.18. The largest absolute Gasteiger partial charge is 0.456 e. The van der Waals surface area contributed by atoms with Crippen LogP contribution in [0.15, 0.2) is 60.7 Å². The van der Waals surface area contributed by atoms with E-state index in [4.69, 9.17) is 9.16 Å². The van der Waals surface area contributed by atoms with Gasteiger partial charge in [-0.25, -0.2) is 4.79 Å². The number of hydrogen-bond donors (Lipinski definition) is 0. The summed E-state index contributed by atoms with van der Waals surface area (Å²) >= 11 is 0. The molecule has 136 valence electrons. The first-order valence-corrected chi connectivity index (χ1v) is 10.7. The molecule has 0 amide bonds. The molecule has 0 aromatic heterocycles. The Bertz CT molecular complexity index is 728. The molecule has 0 saturated heterocycles. The lowest BCUT2D eigenvalue weighted by atomic mass is 10.2. The van der Waals surface area contributed by atoms with E-state index in [1.165, 1.54) is 10.4 Å². The third-order valence-corrected chi connectivity index (χ3v) is 9.23. The van der Waals surface area contributed by atoms with Gasteiger partial charge in [-0.15, -0.1) is 0 Å². The van der Waals surface area contributed by atoms with Crippen molar-refractivity contribution in [3.05, 3.63) is 60.7 Å². The summed E-state index contributed by atoms with van der Waals surface area (Å²) in [7, 11) is -2.59. The summed E-state index contributed by atoms with van der Waals surface area (Å²) in [6.07, 6.45) is 0. The molecule has 0 aliphatic carbocycles. The first kappa shape index (κ1) is 20.0. The minimum Gasteiger partial charge on any atom is -0.456 e. The van der Waals surface area contributed by atoms with Gasteiger partial charge in [-0.3, -0.25) is 0 Å². The van der Waals surface area contributed by atoms with Gasteiger partial charge in [-0.05, 0) is 22.3 Å². The van der Waals surface area contributed by atoms with E-state index in [0.717, 1.165) is 0 Å². The summed E-state index contributed by atoms with van der Waals surface area (Å²) in [6.45, 7) is 8.89. The number of ether oxygens (including phenoxy) is 1. The third-order valence-electron chi connectivity index (χ3n) is 4.24. The van der Waals surface area contributed by atoms with Crippen LogP contribution >= 0.6 is 0 Å². The molecule has 26 heavy (non-hydrogen) atoms.